The van der Waals surface area contributed by atoms with Crippen molar-refractivity contribution in [1.82, 2.24) is 9.80 Å². The first-order valence-corrected chi connectivity index (χ1v) is 8.01. The number of nitrogens with zero attached hydrogens (tertiary/aromatic N) is 2. The lowest BCUT2D eigenvalue weighted by molar-refractivity contribution is -0.141. The molecule has 2 heterocycles. The van der Waals surface area contributed by atoms with Crippen LogP contribution in [0.4, 0.5) is 4.79 Å². The van der Waals surface area contributed by atoms with Gasteiger partial charge in [-0.2, -0.15) is 0 Å². The molecule has 2 fully saturated rings. The summed E-state index contributed by atoms with van der Waals surface area (Å²) in [6, 6.07) is -0.754. The number of aliphatic carboxylic acids is 1. The van der Waals surface area contributed by atoms with Gasteiger partial charge in [0.2, 0.25) is 0 Å². The Kier molecular flexibility index (Phi) is 4.60. The summed E-state index contributed by atoms with van der Waals surface area (Å²) < 4.78 is 0. The SMILES string of the molecule is CCC1SCC(C(=O)O)N1C(=O)N1CCCC(C)C1. The predicted octanol–water partition coefficient (Wildman–Crippen LogP) is 2.08. The van der Waals surface area contributed by atoms with Gasteiger partial charge >= 0.3 is 12.0 Å². The Bertz CT molecular complexity index is 364. The quantitative estimate of drug-likeness (QED) is 0.844. The van der Waals surface area contributed by atoms with Crippen molar-refractivity contribution < 1.29 is 14.7 Å². The highest BCUT2D eigenvalue weighted by molar-refractivity contribution is 8.00. The lowest BCUT2D eigenvalue weighted by Crippen LogP contribution is -2.53. The number of rotatable bonds is 2. The van der Waals surface area contributed by atoms with Crippen LogP contribution in [-0.2, 0) is 4.79 Å². The fourth-order valence-corrected chi connectivity index (χ4v) is 4.19. The van der Waals surface area contributed by atoms with Gasteiger partial charge in [-0.15, -0.1) is 11.8 Å². The van der Waals surface area contributed by atoms with E-state index in [4.69, 9.17) is 0 Å². The van der Waals surface area contributed by atoms with Gasteiger partial charge in [-0.05, 0) is 25.2 Å². The Labute approximate surface area is 118 Å². The third-order valence-electron chi connectivity index (χ3n) is 3.88. The number of carbonyl (C=O) groups is 2. The summed E-state index contributed by atoms with van der Waals surface area (Å²) in [5, 5.41) is 9.28. The highest BCUT2D eigenvalue weighted by Crippen LogP contribution is 2.33. The Morgan fingerprint density at radius 1 is 1.42 bits per heavy atom. The summed E-state index contributed by atoms with van der Waals surface area (Å²) in [5.41, 5.74) is 0. The number of hydrogen-bond donors (Lipinski definition) is 1. The van der Waals surface area contributed by atoms with Crippen LogP contribution < -0.4 is 0 Å². The highest BCUT2D eigenvalue weighted by Gasteiger charge is 2.42. The molecule has 0 saturated carbocycles. The highest BCUT2D eigenvalue weighted by atomic mass is 32.2. The molecule has 6 heteroatoms. The maximum absolute atomic E-state index is 12.6. The van der Waals surface area contributed by atoms with E-state index in [1.807, 2.05) is 11.8 Å². The summed E-state index contributed by atoms with van der Waals surface area (Å²) in [4.78, 5) is 27.3. The molecular formula is C13H22N2O3S. The van der Waals surface area contributed by atoms with Crippen LogP contribution >= 0.6 is 11.8 Å². The van der Waals surface area contributed by atoms with Gasteiger partial charge in [-0.3, -0.25) is 4.90 Å². The molecule has 5 nitrogen and oxygen atoms in total. The molecular weight excluding hydrogens is 264 g/mol. The maximum atomic E-state index is 12.6. The van der Waals surface area contributed by atoms with E-state index in [1.165, 1.54) is 0 Å². The van der Waals surface area contributed by atoms with E-state index in [2.05, 4.69) is 6.92 Å². The second-order valence-electron chi connectivity index (χ2n) is 5.43. The monoisotopic (exact) mass is 286 g/mol. The molecule has 0 aromatic carbocycles. The van der Waals surface area contributed by atoms with E-state index in [1.54, 1.807) is 16.7 Å². The summed E-state index contributed by atoms with van der Waals surface area (Å²) in [5.74, 6) is 0.126. The number of amides is 2. The maximum Gasteiger partial charge on any atom is 0.327 e. The van der Waals surface area contributed by atoms with Crippen LogP contribution in [-0.4, -0.2) is 57.2 Å². The smallest absolute Gasteiger partial charge is 0.327 e. The number of hydrogen-bond acceptors (Lipinski definition) is 3. The van der Waals surface area contributed by atoms with Crippen LogP contribution in [0, 0.1) is 5.92 Å². The van der Waals surface area contributed by atoms with Crippen molar-refractivity contribution in [2.75, 3.05) is 18.8 Å². The second kappa shape index (κ2) is 6.03. The zero-order valence-electron chi connectivity index (χ0n) is 11.5. The third-order valence-corrected chi connectivity index (χ3v) is 5.33. The van der Waals surface area contributed by atoms with Gasteiger partial charge in [0.15, 0.2) is 0 Å². The first kappa shape index (κ1) is 14.5. The molecule has 0 spiro atoms. The zero-order chi connectivity index (χ0) is 14.0. The van der Waals surface area contributed by atoms with E-state index in [0.717, 1.165) is 32.4 Å². The lowest BCUT2D eigenvalue weighted by atomic mass is 10.0. The lowest BCUT2D eigenvalue weighted by Gasteiger charge is -2.37. The molecule has 2 saturated heterocycles. The van der Waals surface area contributed by atoms with Crippen LogP contribution in [0.1, 0.15) is 33.1 Å². The molecule has 2 amide bonds. The molecule has 3 unspecified atom stereocenters. The Morgan fingerprint density at radius 2 is 2.16 bits per heavy atom. The van der Waals surface area contributed by atoms with Gasteiger partial charge in [0, 0.05) is 18.8 Å². The fourth-order valence-electron chi connectivity index (χ4n) is 2.85. The zero-order valence-corrected chi connectivity index (χ0v) is 12.4. The molecule has 0 aliphatic carbocycles. The third kappa shape index (κ3) is 2.99. The van der Waals surface area contributed by atoms with Crippen molar-refractivity contribution in [2.24, 2.45) is 5.92 Å². The van der Waals surface area contributed by atoms with Crippen molar-refractivity contribution in [3.05, 3.63) is 0 Å². The number of urea groups is 1. The molecule has 2 rings (SSSR count). The van der Waals surface area contributed by atoms with Crippen LogP contribution in [0.2, 0.25) is 0 Å². The van der Waals surface area contributed by atoms with Gasteiger partial charge in [-0.1, -0.05) is 13.8 Å². The topological polar surface area (TPSA) is 60.9 Å². The molecule has 0 bridgehead atoms. The molecule has 108 valence electrons. The molecule has 1 N–H and O–H groups in total. The number of likely N-dealkylation sites (tertiary alicyclic amines) is 1. The van der Waals surface area contributed by atoms with Gasteiger partial charge in [-0.25, -0.2) is 9.59 Å². The minimum Gasteiger partial charge on any atom is -0.480 e. The van der Waals surface area contributed by atoms with Crippen molar-refractivity contribution in [3.8, 4) is 0 Å². The van der Waals surface area contributed by atoms with Crippen LogP contribution in [0.25, 0.3) is 0 Å². The minimum absolute atomic E-state index is 0.00540. The predicted molar refractivity (Wildman–Crippen MR) is 75.2 cm³/mol. The normalized spacial score (nSPS) is 31.6. The average Bonchev–Trinajstić information content (AvgIpc) is 2.81. The Balaban J connectivity index is 2.11. The first-order chi connectivity index (χ1) is 9.04. The second-order valence-corrected chi connectivity index (χ2v) is 6.64. The average molecular weight is 286 g/mol. The van der Waals surface area contributed by atoms with Crippen molar-refractivity contribution in [2.45, 2.75) is 44.5 Å². The van der Waals surface area contributed by atoms with Gasteiger partial charge < -0.3 is 10.0 Å². The largest absolute Gasteiger partial charge is 0.480 e. The van der Waals surface area contributed by atoms with Gasteiger partial charge in [0.05, 0.1) is 5.37 Å². The molecule has 0 aromatic rings. The van der Waals surface area contributed by atoms with Crippen LogP contribution in [0.3, 0.4) is 0 Å². The Morgan fingerprint density at radius 3 is 2.74 bits per heavy atom. The van der Waals surface area contributed by atoms with Gasteiger partial charge in [0.1, 0.15) is 6.04 Å². The Hall–Kier alpha value is -0.910. The molecule has 0 radical (unpaired) electrons. The molecule has 0 aromatic heterocycles. The summed E-state index contributed by atoms with van der Waals surface area (Å²) in [6.45, 7) is 5.65. The summed E-state index contributed by atoms with van der Waals surface area (Å²) in [7, 11) is 0. The van der Waals surface area contributed by atoms with Gasteiger partial charge in [0.25, 0.3) is 0 Å². The minimum atomic E-state index is -0.887. The van der Waals surface area contributed by atoms with Crippen molar-refractivity contribution >= 4 is 23.8 Å². The number of thioether (sulfide) groups is 1. The molecule has 19 heavy (non-hydrogen) atoms. The van der Waals surface area contributed by atoms with E-state index >= 15 is 0 Å². The van der Waals surface area contributed by atoms with Crippen LogP contribution in [0.5, 0.6) is 0 Å². The van der Waals surface area contributed by atoms with Crippen molar-refractivity contribution in [1.29, 1.82) is 0 Å². The molecule has 3 atom stereocenters. The van der Waals surface area contributed by atoms with E-state index < -0.39 is 12.0 Å². The van der Waals surface area contributed by atoms with E-state index in [9.17, 15) is 14.7 Å². The molecule has 2 aliphatic heterocycles. The van der Waals surface area contributed by atoms with E-state index in [-0.39, 0.29) is 11.4 Å². The number of carbonyl (C=O) groups excluding carboxylic acids is 1. The van der Waals surface area contributed by atoms with Crippen LogP contribution in [0.15, 0.2) is 0 Å². The summed E-state index contributed by atoms with van der Waals surface area (Å²) in [6.07, 6.45) is 2.96. The van der Waals surface area contributed by atoms with E-state index in [0.29, 0.717) is 11.7 Å². The standard InChI is InChI=1S/C13H22N2O3S/c1-3-11-15(10(8-19-11)12(16)17)13(18)14-6-4-5-9(2)7-14/h9-11H,3-8H2,1-2H3,(H,16,17). The number of carboxylic acid groups (broad SMARTS) is 1. The van der Waals surface area contributed by atoms with Crippen molar-refractivity contribution in [3.63, 3.8) is 0 Å². The summed E-state index contributed by atoms with van der Waals surface area (Å²) >= 11 is 1.58. The fraction of sp³-hybridized carbons (Fsp3) is 0.846. The molecule has 2 aliphatic rings. The number of carboxylic acids is 1. The first-order valence-electron chi connectivity index (χ1n) is 6.96. The number of piperidine rings is 1.